The number of hydrogen-bond donors (Lipinski definition) is 1. The first kappa shape index (κ1) is 18.4. The number of hydrogen-bond acceptors (Lipinski definition) is 3. The third kappa shape index (κ3) is 4.76. The number of rotatable bonds is 5. The second-order valence-electron chi connectivity index (χ2n) is 5.93. The first-order valence-electron chi connectivity index (χ1n) is 7.78. The number of nitrogens with zero attached hydrogens (tertiary/aromatic N) is 1. The molecule has 2 aromatic rings. The molecule has 0 amide bonds. The number of allylic oxidation sites excluding steroid dienone is 5. The Morgan fingerprint density at radius 1 is 1.20 bits per heavy atom. The normalized spacial score (nSPS) is 13.2. The minimum atomic E-state index is -1.07. The van der Waals surface area contributed by atoms with E-state index in [-0.39, 0.29) is 0 Å². The summed E-state index contributed by atoms with van der Waals surface area (Å²) in [6.07, 6.45) is 3.62. The van der Waals surface area contributed by atoms with Gasteiger partial charge in [-0.2, -0.15) is 0 Å². The van der Waals surface area contributed by atoms with Crippen molar-refractivity contribution in [3.05, 3.63) is 70.8 Å². The number of halogens is 1. The molecule has 0 fully saturated rings. The fourth-order valence-electron chi connectivity index (χ4n) is 2.28. The van der Waals surface area contributed by atoms with Gasteiger partial charge in [-0.1, -0.05) is 28.9 Å². The third-order valence-corrected chi connectivity index (χ3v) is 3.75. The van der Waals surface area contributed by atoms with E-state index in [1.165, 1.54) is 12.2 Å². The van der Waals surface area contributed by atoms with Crippen LogP contribution in [0.3, 0.4) is 0 Å². The molecule has 2 rings (SSSR count). The molecule has 0 unspecified atom stereocenters. The lowest BCUT2D eigenvalue weighted by Crippen LogP contribution is -1.88. The van der Waals surface area contributed by atoms with Crippen molar-refractivity contribution < 1.29 is 18.8 Å². The summed E-state index contributed by atoms with van der Waals surface area (Å²) in [7, 11) is 0. The minimum Gasteiger partial charge on any atom is -0.478 e. The molecule has 0 radical (unpaired) electrons. The van der Waals surface area contributed by atoms with Gasteiger partial charge < -0.3 is 9.63 Å². The Bertz CT molecular complexity index is 888. The molecule has 0 saturated carbocycles. The van der Waals surface area contributed by atoms with Gasteiger partial charge in [-0.15, -0.1) is 0 Å². The number of aliphatic carboxylic acids is 1. The van der Waals surface area contributed by atoms with E-state index < -0.39 is 11.8 Å². The van der Waals surface area contributed by atoms with Crippen LogP contribution in [0.1, 0.15) is 30.7 Å². The predicted molar refractivity (Wildman–Crippen MR) is 95.6 cm³/mol. The lowest BCUT2D eigenvalue weighted by Gasteiger charge is -2.02. The molecule has 25 heavy (non-hydrogen) atoms. The van der Waals surface area contributed by atoms with Crippen molar-refractivity contribution in [3.8, 4) is 11.3 Å². The van der Waals surface area contributed by atoms with Gasteiger partial charge in [0.1, 0.15) is 11.5 Å². The van der Waals surface area contributed by atoms with E-state index in [1.807, 2.05) is 32.0 Å². The summed E-state index contributed by atoms with van der Waals surface area (Å²) < 4.78 is 19.5. The summed E-state index contributed by atoms with van der Waals surface area (Å²) in [6.45, 7) is 7.14. The first-order chi connectivity index (χ1) is 11.8. The summed E-state index contributed by atoms with van der Waals surface area (Å²) in [6, 6.07) is 7.72. The van der Waals surface area contributed by atoms with Gasteiger partial charge in [0.05, 0.1) is 0 Å². The third-order valence-electron chi connectivity index (χ3n) is 3.75. The maximum Gasteiger partial charge on any atom is 0.328 e. The fraction of sp³-hybridized carbons (Fsp3) is 0.200. The molecule has 0 aliphatic carbocycles. The molecule has 0 aliphatic heterocycles. The molecule has 0 aliphatic rings. The number of carboxylic acid groups (broad SMARTS) is 1. The van der Waals surface area contributed by atoms with Gasteiger partial charge in [-0.05, 0) is 51.0 Å². The summed E-state index contributed by atoms with van der Waals surface area (Å²) in [5.74, 6) is -1.25. The van der Waals surface area contributed by atoms with E-state index in [4.69, 9.17) is 9.63 Å². The van der Waals surface area contributed by atoms with E-state index in [0.717, 1.165) is 22.8 Å². The molecular formula is C20H20FNO3. The Morgan fingerprint density at radius 3 is 2.60 bits per heavy atom. The predicted octanol–water partition coefficient (Wildman–Crippen LogP) is 5.25. The van der Waals surface area contributed by atoms with Crippen molar-refractivity contribution in [2.24, 2.45) is 0 Å². The van der Waals surface area contributed by atoms with E-state index in [2.05, 4.69) is 5.16 Å². The number of carboxylic acids is 1. The van der Waals surface area contributed by atoms with Gasteiger partial charge in [0.25, 0.3) is 0 Å². The molecule has 1 aromatic carbocycles. The monoisotopic (exact) mass is 341 g/mol. The highest BCUT2D eigenvalue weighted by Crippen LogP contribution is 2.28. The molecule has 0 bridgehead atoms. The van der Waals surface area contributed by atoms with Crippen LogP contribution < -0.4 is 0 Å². The molecule has 1 heterocycles. The Balaban J connectivity index is 2.30. The second-order valence-corrected chi connectivity index (χ2v) is 5.93. The number of benzene rings is 1. The van der Waals surface area contributed by atoms with Crippen LogP contribution in [-0.4, -0.2) is 16.2 Å². The van der Waals surface area contributed by atoms with Crippen molar-refractivity contribution in [2.45, 2.75) is 27.7 Å². The van der Waals surface area contributed by atoms with Crippen LogP contribution in [-0.2, 0) is 4.79 Å². The van der Waals surface area contributed by atoms with Crippen LogP contribution in [0.15, 0.2) is 58.4 Å². The van der Waals surface area contributed by atoms with Gasteiger partial charge in [-0.25, -0.2) is 9.18 Å². The van der Waals surface area contributed by atoms with Crippen LogP contribution in [0.5, 0.6) is 0 Å². The van der Waals surface area contributed by atoms with Crippen molar-refractivity contribution in [2.75, 3.05) is 0 Å². The van der Waals surface area contributed by atoms with E-state index in [0.29, 0.717) is 22.6 Å². The summed E-state index contributed by atoms with van der Waals surface area (Å²) >= 11 is 0. The molecule has 5 heteroatoms. The second kappa shape index (κ2) is 7.75. The molecule has 1 aromatic heterocycles. The van der Waals surface area contributed by atoms with Crippen LogP contribution in [0.25, 0.3) is 16.8 Å². The molecule has 130 valence electrons. The fourth-order valence-corrected chi connectivity index (χ4v) is 2.28. The Kier molecular flexibility index (Phi) is 5.70. The molecule has 0 atom stereocenters. The average molecular weight is 341 g/mol. The smallest absolute Gasteiger partial charge is 0.328 e. The molecule has 4 nitrogen and oxygen atoms in total. The standard InChI is InChI=1S/C20H20FNO3/c1-12-5-7-14(3)16(9-12)18-11-19(25-22-18)15(4)17(21)8-6-13(2)10-20(23)24/h5-11H,1-4H3,(H,23,24). The summed E-state index contributed by atoms with van der Waals surface area (Å²) in [5, 5.41) is 12.7. The van der Waals surface area contributed by atoms with Crippen molar-refractivity contribution >= 4 is 11.5 Å². The molecular weight excluding hydrogens is 321 g/mol. The van der Waals surface area contributed by atoms with E-state index in [9.17, 15) is 9.18 Å². The van der Waals surface area contributed by atoms with E-state index in [1.54, 1.807) is 19.9 Å². The lowest BCUT2D eigenvalue weighted by molar-refractivity contribution is -0.131. The number of aryl methyl sites for hydroxylation is 2. The van der Waals surface area contributed by atoms with E-state index >= 15 is 0 Å². The van der Waals surface area contributed by atoms with Crippen LogP contribution in [0.2, 0.25) is 0 Å². The van der Waals surface area contributed by atoms with Crippen molar-refractivity contribution in [1.82, 2.24) is 5.16 Å². The molecule has 1 N–H and O–H groups in total. The number of aromatic nitrogens is 1. The maximum absolute atomic E-state index is 14.3. The Morgan fingerprint density at radius 2 is 1.92 bits per heavy atom. The Hall–Kier alpha value is -2.95. The van der Waals surface area contributed by atoms with Crippen molar-refractivity contribution in [3.63, 3.8) is 0 Å². The summed E-state index contributed by atoms with van der Waals surface area (Å²) in [4.78, 5) is 10.6. The average Bonchev–Trinajstić information content (AvgIpc) is 3.03. The zero-order chi connectivity index (χ0) is 18.6. The van der Waals surface area contributed by atoms with Crippen molar-refractivity contribution in [1.29, 1.82) is 0 Å². The van der Waals surface area contributed by atoms with Crippen LogP contribution >= 0.6 is 0 Å². The first-order valence-corrected chi connectivity index (χ1v) is 7.78. The quantitative estimate of drug-likeness (QED) is 0.596. The van der Waals surface area contributed by atoms with Gasteiger partial charge >= 0.3 is 5.97 Å². The zero-order valence-electron chi connectivity index (χ0n) is 14.6. The van der Waals surface area contributed by atoms with Crippen LogP contribution in [0, 0.1) is 13.8 Å². The van der Waals surface area contributed by atoms with Gasteiger partial charge in [-0.3, -0.25) is 0 Å². The van der Waals surface area contributed by atoms with Gasteiger partial charge in [0.15, 0.2) is 5.76 Å². The largest absolute Gasteiger partial charge is 0.478 e. The SMILES string of the molecule is CC(C=CC(F)=C(C)c1cc(-c2cc(C)ccc2C)no1)=CC(=O)O. The Labute approximate surface area is 146 Å². The lowest BCUT2D eigenvalue weighted by atomic mass is 10.0. The topological polar surface area (TPSA) is 63.3 Å². The molecule has 0 saturated heterocycles. The highest BCUT2D eigenvalue weighted by atomic mass is 19.1. The number of carbonyl (C=O) groups is 1. The van der Waals surface area contributed by atoms with Crippen LogP contribution in [0.4, 0.5) is 4.39 Å². The van der Waals surface area contributed by atoms with Gasteiger partial charge in [0, 0.05) is 23.3 Å². The summed E-state index contributed by atoms with van der Waals surface area (Å²) in [5.41, 5.74) is 4.48. The highest BCUT2D eigenvalue weighted by Gasteiger charge is 2.12. The highest BCUT2D eigenvalue weighted by molar-refractivity contribution is 5.81. The minimum absolute atomic E-state index is 0.295. The zero-order valence-corrected chi connectivity index (χ0v) is 14.6. The van der Waals surface area contributed by atoms with Gasteiger partial charge in [0.2, 0.25) is 0 Å². The molecule has 0 spiro atoms. The maximum atomic E-state index is 14.3.